The predicted octanol–water partition coefficient (Wildman–Crippen LogP) is 4.90. The van der Waals surface area contributed by atoms with Gasteiger partial charge in [-0.25, -0.2) is 9.37 Å². The number of pyridine rings is 1. The lowest BCUT2D eigenvalue weighted by atomic mass is 10.0. The van der Waals surface area contributed by atoms with Crippen LogP contribution < -0.4 is 5.32 Å². The fourth-order valence-corrected chi connectivity index (χ4v) is 3.50. The van der Waals surface area contributed by atoms with Gasteiger partial charge in [-0.3, -0.25) is 9.59 Å². The van der Waals surface area contributed by atoms with Crippen molar-refractivity contribution in [3.05, 3.63) is 89.4 Å². The SMILES string of the molecule is CC(=O)Cc1ccccc1CSc1ccc(C(=O)Nc2ccc(F)cc2)cn1. The maximum atomic E-state index is 12.9. The maximum absolute atomic E-state index is 12.9. The highest BCUT2D eigenvalue weighted by Gasteiger charge is 2.09. The molecule has 0 bridgehead atoms. The number of carbonyl (C=O) groups excluding carboxylic acids is 2. The van der Waals surface area contributed by atoms with E-state index in [1.165, 1.54) is 30.5 Å². The van der Waals surface area contributed by atoms with E-state index in [0.29, 0.717) is 23.4 Å². The molecule has 0 aliphatic carbocycles. The molecule has 0 saturated heterocycles. The van der Waals surface area contributed by atoms with Crippen LogP contribution in [0.3, 0.4) is 0 Å². The summed E-state index contributed by atoms with van der Waals surface area (Å²) >= 11 is 1.54. The van der Waals surface area contributed by atoms with E-state index in [4.69, 9.17) is 0 Å². The van der Waals surface area contributed by atoms with Gasteiger partial charge in [0.25, 0.3) is 5.91 Å². The van der Waals surface area contributed by atoms with Gasteiger partial charge in [0.2, 0.25) is 0 Å². The second kappa shape index (κ2) is 9.28. The third-order valence-electron chi connectivity index (χ3n) is 4.03. The van der Waals surface area contributed by atoms with Gasteiger partial charge in [0, 0.05) is 24.1 Å². The standard InChI is InChI=1S/C22H19FN2O2S/c1-15(26)12-16-4-2-3-5-18(16)14-28-21-11-6-17(13-24-21)22(27)25-20-9-7-19(23)8-10-20/h2-11,13H,12,14H2,1H3,(H,25,27). The van der Waals surface area contributed by atoms with Gasteiger partial charge in [0.1, 0.15) is 11.6 Å². The molecule has 1 heterocycles. The van der Waals surface area contributed by atoms with Crippen LogP contribution in [0.5, 0.6) is 0 Å². The number of thioether (sulfide) groups is 1. The average Bonchev–Trinajstić information content (AvgIpc) is 2.69. The molecule has 1 amide bonds. The molecule has 1 aromatic heterocycles. The van der Waals surface area contributed by atoms with Gasteiger partial charge in [0.15, 0.2) is 0 Å². The molecule has 0 radical (unpaired) electrons. The molecule has 0 unspecified atom stereocenters. The lowest BCUT2D eigenvalue weighted by Gasteiger charge is -2.08. The summed E-state index contributed by atoms with van der Waals surface area (Å²) in [7, 11) is 0. The first-order chi connectivity index (χ1) is 13.5. The van der Waals surface area contributed by atoms with E-state index < -0.39 is 0 Å². The molecule has 1 N–H and O–H groups in total. The van der Waals surface area contributed by atoms with Crippen LogP contribution in [-0.2, 0) is 17.0 Å². The maximum Gasteiger partial charge on any atom is 0.257 e. The number of nitrogens with zero attached hydrogens (tertiary/aromatic N) is 1. The van der Waals surface area contributed by atoms with Crippen molar-refractivity contribution < 1.29 is 14.0 Å². The zero-order valence-electron chi connectivity index (χ0n) is 15.3. The molecule has 0 aliphatic heterocycles. The van der Waals surface area contributed by atoms with E-state index in [1.54, 1.807) is 30.8 Å². The number of carbonyl (C=O) groups is 2. The third-order valence-corrected chi connectivity index (χ3v) is 5.03. The minimum atomic E-state index is -0.356. The van der Waals surface area contributed by atoms with Gasteiger partial charge in [-0.15, -0.1) is 11.8 Å². The number of amides is 1. The Hall–Kier alpha value is -2.99. The molecular weight excluding hydrogens is 375 g/mol. The molecule has 28 heavy (non-hydrogen) atoms. The number of halogens is 1. The fraction of sp³-hybridized carbons (Fsp3) is 0.136. The van der Waals surface area contributed by atoms with Crippen LogP contribution in [0.15, 0.2) is 71.9 Å². The fourth-order valence-electron chi connectivity index (χ4n) is 2.63. The minimum absolute atomic E-state index is 0.132. The van der Waals surface area contributed by atoms with Crippen molar-refractivity contribution in [3.63, 3.8) is 0 Å². The predicted molar refractivity (Wildman–Crippen MR) is 109 cm³/mol. The number of aromatic nitrogens is 1. The zero-order valence-corrected chi connectivity index (χ0v) is 16.1. The Morgan fingerprint density at radius 1 is 1.00 bits per heavy atom. The summed E-state index contributed by atoms with van der Waals surface area (Å²) in [6.45, 7) is 1.58. The first-order valence-corrected chi connectivity index (χ1v) is 9.72. The Bertz CT molecular complexity index is 973. The Morgan fingerprint density at radius 3 is 2.36 bits per heavy atom. The van der Waals surface area contributed by atoms with Gasteiger partial charge in [0.05, 0.1) is 10.6 Å². The molecule has 0 aliphatic rings. The van der Waals surface area contributed by atoms with E-state index >= 15 is 0 Å². The molecule has 4 nitrogen and oxygen atoms in total. The number of hydrogen-bond donors (Lipinski definition) is 1. The monoisotopic (exact) mass is 394 g/mol. The molecule has 6 heteroatoms. The summed E-state index contributed by atoms with van der Waals surface area (Å²) in [5.74, 6) is 0.165. The van der Waals surface area contributed by atoms with Crippen molar-refractivity contribution in [1.82, 2.24) is 4.98 Å². The summed E-state index contributed by atoms with van der Waals surface area (Å²) in [5, 5.41) is 3.49. The average molecular weight is 394 g/mol. The van der Waals surface area contributed by atoms with Crippen LogP contribution in [0, 0.1) is 5.82 Å². The molecular formula is C22H19FN2O2S. The van der Waals surface area contributed by atoms with Crippen molar-refractivity contribution in [2.75, 3.05) is 5.32 Å². The largest absolute Gasteiger partial charge is 0.322 e. The van der Waals surface area contributed by atoms with Gasteiger partial charge in [-0.1, -0.05) is 24.3 Å². The van der Waals surface area contributed by atoms with Crippen LogP contribution in [0.4, 0.5) is 10.1 Å². The highest BCUT2D eigenvalue weighted by atomic mass is 32.2. The van der Waals surface area contributed by atoms with Gasteiger partial charge in [-0.2, -0.15) is 0 Å². The molecule has 3 aromatic rings. The first-order valence-electron chi connectivity index (χ1n) is 8.73. The van der Waals surface area contributed by atoms with Crippen molar-refractivity contribution in [1.29, 1.82) is 0 Å². The summed E-state index contributed by atoms with van der Waals surface area (Å²) in [6, 6.07) is 16.9. The topological polar surface area (TPSA) is 59.1 Å². The number of Topliss-reactive ketones (excluding diaryl/α,β-unsaturated/α-hetero) is 1. The molecule has 0 fully saturated rings. The quantitative estimate of drug-likeness (QED) is 0.579. The van der Waals surface area contributed by atoms with Crippen LogP contribution >= 0.6 is 11.8 Å². The zero-order chi connectivity index (χ0) is 19.9. The van der Waals surface area contributed by atoms with Gasteiger partial charge in [-0.05, 0) is 54.4 Å². The van der Waals surface area contributed by atoms with Gasteiger partial charge < -0.3 is 5.32 Å². The van der Waals surface area contributed by atoms with E-state index in [2.05, 4.69) is 10.3 Å². The second-order valence-electron chi connectivity index (χ2n) is 6.28. The highest BCUT2D eigenvalue weighted by Crippen LogP contribution is 2.23. The van der Waals surface area contributed by atoms with Crippen LogP contribution in [0.1, 0.15) is 28.4 Å². The van der Waals surface area contributed by atoms with Crippen LogP contribution in [0.25, 0.3) is 0 Å². The summed E-state index contributed by atoms with van der Waals surface area (Å²) in [4.78, 5) is 28.0. The lowest BCUT2D eigenvalue weighted by molar-refractivity contribution is -0.116. The number of benzene rings is 2. The molecule has 2 aromatic carbocycles. The van der Waals surface area contributed by atoms with Crippen LogP contribution in [0.2, 0.25) is 0 Å². The van der Waals surface area contributed by atoms with E-state index in [-0.39, 0.29) is 17.5 Å². The Balaban J connectivity index is 1.61. The first kappa shape index (κ1) is 19.8. The van der Waals surface area contributed by atoms with Crippen molar-refractivity contribution in [3.8, 4) is 0 Å². The van der Waals surface area contributed by atoms with Crippen molar-refractivity contribution in [2.24, 2.45) is 0 Å². The van der Waals surface area contributed by atoms with E-state index in [1.807, 2.05) is 24.3 Å². The number of ketones is 1. The van der Waals surface area contributed by atoms with E-state index in [0.717, 1.165) is 16.2 Å². The number of nitrogens with one attached hydrogen (secondary N) is 1. The summed E-state index contributed by atoms with van der Waals surface area (Å²) in [5.41, 5.74) is 3.07. The molecule has 3 rings (SSSR count). The summed E-state index contributed by atoms with van der Waals surface area (Å²) < 4.78 is 12.9. The van der Waals surface area contributed by atoms with Crippen molar-refractivity contribution in [2.45, 2.75) is 24.1 Å². The van der Waals surface area contributed by atoms with Crippen LogP contribution in [-0.4, -0.2) is 16.7 Å². The Morgan fingerprint density at radius 2 is 1.71 bits per heavy atom. The number of hydrogen-bond acceptors (Lipinski definition) is 4. The molecule has 142 valence electrons. The van der Waals surface area contributed by atoms with Crippen molar-refractivity contribution >= 4 is 29.1 Å². The second-order valence-corrected chi connectivity index (χ2v) is 7.28. The van der Waals surface area contributed by atoms with Gasteiger partial charge >= 0.3 is 0 Å². The van der Waals surface area contributed by atoms with E-state index in [9.17, 15) is 14.0 Å². The highest BCUT2D eigenvalue weighted by molar-refractivity contribution is 7.98. The number of rotatable bonds is 7. The normalized spacial score (nSPS) is 10.5. The third kappa shape index (κ3) is 5.50. The Labute approximate surface area is 167 Å². The lowest BCUT2D eigenvalue weighted by Crippen LogP contribution is -2.12. The smallest absolute Gasteiger partial charge is 0.257 e. The summed E-state index contributed by atoms with van der Waals surface area (Å²) in [6.07, 6.45) is 1.94. The molecule has 0 spiro atoms. The Kier molecular flexibility index (Phi) is 6.55. The molecule has 0 saturated carbocycles. The minimum Gasteiger partial charge on any atom is -0.322 e. The number of anilines is 1. The molecule has 0 atom stereocenters.